The summed E-state index contributed by atoms with van der Waals surface area (Å²) in [6.45, 7) is 0.377. The molecule has 68 valence electrons. The maximum Gasteiger partial charge on any atom is 0.248 e. The monoisotopic (exact) mass is 176 g/mol. The highest BCUT2D eigenvalue weighted by Crippen LogP contribution is 2.04. The second-order valence-corrected chi connectivity index (χ2v) is 2.49. The van der Waals surface area contributed by atoms with E-state index in [0.29, 0.717) is 6.54 Å². The van der Waals surface area contributed by atoms with E-state index in [1.807, 2.05) is 30.3 Å². The van der Waals surface area contributed by atoms with Crippen LogP contribution in [0.1, 0.15) is 0 Å². The van der Waals surface area contributed by atoms with Gasteiger partial charge in [0.25, 0.3) is 0 Å². The first-order valence-corrected chi connectivity index (χ1v) is 4.05. The summed E-state index contributed by atoms with van der Waals surface area (Å²) in [5, 5.41) is 2.70. The van der Waals surface area contributed by atoms with Crippen molar-refractivity contribution in [3.05, 3.63) is 42.5 Å². The molecular weight excluding hydrogens is 164 g/mol. The smallest absolute Gasteiger partial charge is 0.248 e. The Balaban J connectivity index is 2.50. The van der Waals surface area contributed by atoms with Gasteiger partial charge in [0, 0.05) is 18.3 Å². The van der Waals surface area contributed by atoms with Crippen molar-refractivity contribution in [1.82, 2.24) is 0 Å². The largest absolute Gasteiger partial charge is 0.327 e. The van der Waals surface area contributed by atoms with Crippen molar-refractivity contribution >= 4 is 11.6 Å². The molecule has 3 nitrogen and oxygen atoms in total. The predicted octanol–water partition coefficient (Wildman–Crippen LogP) is 1.14. The summed E-state index contributed by atoms with van der Waals surface area (Å²) in [4.78, 5) is 11.1. The Morgan fingerprint density at radius 3 is 2.69 bits per heavy atom. The third-order valence-corrected chi connectivity index (χ3v) is 1.45. The fourth-order valence-electron chi connectivity index (χ4n) is 0.880. The van der Waals surface area contributed by atoms with Crippen LogP contribution in [0.5, 0.6) is 0 Å². The van der Waals surface area contributed by atoms with Gasteiger partial charge in [0.1, 0.15) is 0 Å². The molecule has 0 heterocycles. The Hall–Kier alpha value is -1.61. The minimum atomic E-state index is -0.156. The lowest BCUT2D eigenvalue weighted by Crippen LogP contribution is -2.08. The number of nitrogens with two attached hydrogens (primary N) is 1. The SMILES string of the molecule is NCC=CC(=O)Nc1ccccc1. The van der Waals surface area contributed by atoms with Crippen LogP contribution in [0.15, 0.2) is 42.5 Å². The van der Waals surface area contributed by atoms with E-state index >= 15 is 0 Å². The molecule has 1 rings (SSSR count). The fraction of sp³-hybridized carbons (Fsp3) is 0.100. The molecule has 0 saturated carbocycles. The Morgan fingerprint density at radius 2 is 2.08 bits per heavy atom. The summed E-state index contributed by atoms with van der Waals surface area (Å²) in [5.74, 6) is -0.156. The zero-order valence-corrected chi connectivity index (χ0v) is 7.23. The summed E-state index contributed by atoms with van der Waals surface area (Å²) in [5.41, 5.74) is 5.99. The number of hydrogen-bond acceptors (Lipinski definition) is 2. The molecule has 0 aliphatic rings. The molecule has 1 amide bonds. The Labute approximate surface area is 77.3 Å². The molecule has 0 fully saturated rings. The second-order valence-electron chi connectivity index (χ2n) is 2.49. The van der Waals surface area contributed by atoms with Crippen molar-refractivity contribution < 1.29 is 4.79 Å². The van der Waals surface area contributed by atoms with E-state index in [1.54, 1.807) is 6.08 Å². The standard InChI is InChI=1S/C10H12N2O/c11-8-4-7-10(13)12-9-5-2-1-3-6-9/h1-7H,8,11H2,(H,12,13). The van der Waals surface area contributed by atoms with Gasteiger partial charge in [-0.05, 0) is 12.1 Å². The molecular formula is C10H12N2O. The Bertz CT molecular complexity index is 293. The van der Waals surface area contributed by atoms with Gasteiger partial charge in [0.2, 0.25) is 5.91 Å². The molecule has 0 atom stereocenters. The third kappa shape index (κ3) is 3.53. The molecule has 0 aliphatic carbocycles. The quantitative estimate of drug-likeness (QED) is 0.678. The lowest BCUT2D eigenvalue weighted by molar-refractivity contribution is -0.111. The highest BCUT2D eigenvalue weighted by molar-refractivity contribution is 5.99. The third-order valence-electron chi connectivity index (χ3n) is 1.45. The molecule has 0 radical (unpaired) electrons. The molecule has 1 aromatic rings. The van der Waals surface area contributed by atoms with Crippen LogP contribution < -0.4 is 11.1 Å². The number of carbonyl (C=O) groups excluding carboxylic acids is 1. The number of carbonyl (C=O) groups is 1. The van der Waals surface area contributed by atoms with Crippen molar-refractivity contribution in [1.29, 1.82) is 0 Å². The lowest BCUT2D eigenvalue weighted by atomic mass is 10.3. The molecule has 1 aromatic carbocycles. The molecule has 0 bridgehead atoms. The zero-order chi connectivity index (χ0) is 9.52. The summed E-state index contributed by atoms with van der Waals surface area (Å²) in [6, 6.07) is 9.28. The molecule has 0 aromatic heterocycles. The van der Waals surface area contributed by atoms with Crippen molar-refractivity contribution in [3.63, 3.8) is 0 Å². The highest BCUT2D eigenvalue weighted by atomic mass is 16.1. The predicted molar refractivity (Wildman–Crippen MR) is 53.3 cm³/mol. The minimum absolute atomic E-state index is 0.156. The van der Waals surface area contributed by atoms with Gasteiger partial charge in [-0.25, -0.2) is 0 Å². The Kier molecular flexibility index (Phi) is 3.73. The van der Waals surface area contributed by atoms with Gasteiger partial charge in [-0.1, -0.05) is 24.3 Å². The highest BCUT2D eigenvalue weighted by Gasteiger charge is 1.94. The van der Waals surface area contributed by atoms with Crippen LogP contribution in [0.4, 0.5) is 5.69 Å². The van der Waals surface area contributed by atoms with Gasteiger partial charge in [-0.3, -0.25) is 4.79 Å². The lowest BCUT2D eigenvalue weighted by Gasteiger charge is -1.99. The fourth-order valence-corrected chi connectivity index (χ4v) is 0.880. The molecule has 3 N–H and O–H groups in total. The van der Waals surface area contributed by atoms with E-state index in [0.717, 1.165) is 5.69 Å². The van der Waals surface area contributed by atoms with Gasteiger partial charge in [-0.15, -0.1) is 0 Å². The maximum absolute atomic E-state index is 11.1. The second kappa shape index (κ2) is 5.11. The number of amides is 1. The molecule has 0 saturated heterocycles. The number of anilines is 1. The van der Waals surface area contributed by atoms with E-state index in [1.165, 1.54) is 6.08 Å². The first kappa shape index (κ1) is 9.48. The summed E-state index contributed by atoms with van der Waals surface area (Å²) >= 11 is 0. The van der Waals surface area contributed by atoms with Gasteiger partial charge in [-0.2, -0.15) is 0 Å². The topological polar surface area (TPSA) is 55.1 Å². The average Bonchev–Trinajstić information content (AvgIpc) is 2.16. The molecule has 0 aliphatic heterocycles. The van der Waals surface area contributed by atoms with Crippen LogP contribution in [-0.2, 0) is 4.79 Å². The first-order chi connectivity index (χ1) is 6.33. The summed E-state index contributed by atoms with van der Waals surface area (Å²) in [6.07, 6.45) is 3.03. The van der Waals surface area contributed by atoms with E-state index < -0.39 is 0 Å². The van der Waals surface area contributed by atoms with Crippen LogP contribution in [0, 0.1) is 0 Å². The van der Waals surface area contributed by atoms with Crippen LogP contribution in [-0.4, -0.2) is 12.5 Å². The average molecular weight is 176 g/mol. The molecule has 3 heteroatoms. The van der Waals surface area contributed by atoms with Crippen LogP contribution in [0.25, 0.3) is 0 Å². The van der Waals surface area contributed by atoms with E-state index in [4.69, 9.17) is 5.73 Å². The van der Waals surface area contributed by atoms with Gasteiger partial charge < -0.3 is 11.1 Å². The van der Waals surface area contributed by atoms with Crippen molar-refractivity contribution in [2.24, 2.45) is 5.73 Å². The van der Waals surface area contributed by atoms with Crippen LogP contribution in [0.3, 0.4) is 0 Å². The molecule has 0 spiro atoms. The van der Waals surface area contributed by atoms with Crippen LogP contribution in [0.2, 0.25) is 0 Å². The summed E-state index contributed by atoms with van der Waals surface area (Å²) in [7, 11) is 0. The van der Waals surface area contributed by atoms with Gasteiger partial charge >= 0.3 is 0 Å². The number of rotatable bonds is 3. The van der Waals surface area contributed by atoms with E-state index in [2.05, 4.69) is 5.32 Å². The van der Waals surface area contributed by atoms with Gasteiger partial charge in [0.15, 0.2) is 0 Å². The molecule has 13 heavy (non-hydrogen) atoms. The summed E-state index contributed by atoms with van der Waals surface area (Å²) < 4.78 is 0. The van der Waals surface area contributed by atoms with Crippen molar-refractivity contribution in [3.8, 4) is 0 Å². The Morgan fingerprint density at radius 1 is 1.38 bits per heavy atom. The van der Waals surface area contributed by atoms with Crippen molar-refractivity contribution in [2.45, 2.75) is 0 Å². The maximum atomic E-state index is 11.1. The molecule has 0 unspecified atom stereocenters. The number of nitrogens with one attached hydrogen (secondary N) is 1. The van der Waals surface area contributed by atoms with E-state index in [-0.39, 0.29) is 5.91 Å². The van der Waals surface area contributed by atoms with Crippen molar-refractivity contribution in [2.75, 3.05) is 11.9 Å². The number of hydrogen-bond donors (Lipinski definition) is 2. The van der Waals surface area contributed by atoms with Gasteiger partial charge in [0.05, 0.1) is 0 Å². The number of para-hydroxylation sites is 1. The number of benzene rings is 1. The normalized spacial score (nSPS) is 10.2. The van der Waals surface area contributed by atoms with Crippen LogP contribution >= 0.6 is 0 Å². The zero-order valence-electron chi connectivity index (χ0n) is 7.23. The minimum Gasteiger partial charge on any atom is -0.327 e. The first-order valence-electron chi connectivity index (χ1n) is 4.05. The van der Waals surface area contributed by atoms with E-state index in [9.17, 15) is 4.79 Å².